The van der Waals surface area contributed by atoms with Crippen molar-refractivity contribution in [3.8, 4) is 11.1 Å². The molecular weight excluding hydrogens is 446 g/mol. The van der Waals surface area contributed by atoms with Crippen molar-refractivity contribution in [3.63, 3.8) is 0 Å². The number of carbonyl (C=O) groups is 3. The van der Waals surface area contributed by atoms with Gasteiger partial charge < -0.3 is 20.5 Å². The van der Waals surface area contributed by atoms with Crippen molar-refractivity contribution in [2.75, 3.05) is 19.7 Å². The molecule has 2 aromatic rings. The molecule has 0 spiro atoms. The van der Waals surface area contributed by atoms with Crippen LogP contribution in [0.4, 0.5) is 13.6 Å². The summed E-state index contributed by atoms with van der Waals surface area (Å²) in [5.74, 6) is -8.53. The molecule has 180 valence electrons. The molecule has 1 saturated carbocycles. The van der Waals surface area contributed by atoms with Crippen molar-refractivity contribution in [1.82, 2.24) is 10.6 Å². The first-order chi connectivity index (χ1) is 16.2. The van der Waals surface area contributed by atoms with E-state index in [1.54, 1.807) is 6.92 Å². The molecule has 2 amide bonds. The molecule has 0 bridgehead atoms. The van der Waals surface area contributed by atoms with Crippen LogP contribution in [0.5, 0.6) is 0 Å². The van der Waals surface area contributed by atoms with Crippen LogP contribution in [0.2, 0.25) is 0 Å². The Morgan fingerprint density at radius 3 is 2.21 bits per heavy atom. The van der Waals surface area contributed by atoms with Gasteiger partial charge in [0.2, 0.25) is 5.91 Å². The van der Waals surface area contributed by atoms with Gasteiger partial charge in [0.15, 0.2) is 0 Å². The zero-order chi connectivity index (χ0) is 24.5. The van der Waals surface area contributed by atoms with Crippen LogP contribution in [0.15, 0.2) is 48.5 Å². The minimum absolute atomic E-state index is 0.00968. The van der Waals surface area contributed by atoms with E-state index in [1.165, 1.54) is 0 Å². The van der Waals surface area contributed by atoms with Crippen LogP contribution >= 0.6 is 0 Å². The first-order valence-corrected chi connectivity index (χ1v) is 11.2. The van der Waals surface area contributed by atoms with Crippen LogP contribution < -0.4 is 10.6 Å². The van der Waals surface area contributed by atoms with Gasteiger partial charge in [0.25, 0.3) is 5.92 Å². The molecule has 0 aliphatic heterocycles. The molecule has 3 N–H and O–H groups in total. The molecule has 0 aromatic heterocycles. The van der Waals surface area contributed by atoms with Crippen molar-refractivity contribution < 1.29 is 33.0 Å². The van der Waals surface area contributed by atoms with Gasteiger partial charge in [0, 0.05) is 25.4 Å². The van der Waals surface area contributed by atoms with Gasteiger partial charge in [-0.2, -0.15) is 0 Å². The van der Waals surface area contributed by atoms with Gasteiger partial charge in [-0.3, -0.25) is 9.59 Å². The number of benzene rings is 2. The van der Waals surface area contributed by atoms with E-state index in [0.29, 0.717) is 0 Å². The number of carboxylic acids is 1. The van der Waals surface area contributed by atoms with Crippen LogP contribution in [0.1, 0.15) is 30.4 Å². The van der Waals surface area contributed by atoms with Gasteiger partial charge in [-0.25, -0.2) is 13.6 Å². The molecule has 1 unspecified atom stereocenters. The van der Waals surface area contributed by atoms with Crippen LogP contribution in [-0.2, 0) is 14.3 Å². The fourth-order valence-electron chi connectivity index (χ4n) is 4.60. The van der Waals surface area contributed by atoms with Gasteiger partial charge in [0.05, 0.1) is 5.92 Å². The largest absolute Gasteiger partial charge is 0.481 e. The Morgan fingerprint density at radius 1 is 1.03 bits per heavy atom. The summed E-state index contributed by atoms with van der Waals surface area (Å²) in [6.45, 7) is 1.26. The third kappa shape index (κ3) is 4.73. The number of rotatable bonds is 9. The maximum Gasteiger partial charge on any atom is 0.407 e. The minimum Gasteiger partial charge on any atom is -0.481 e. The van der Waals surface area contributed by atoms with Gasteiger partial charge in [0.1, 0.15) is 12.5 Å². The van der Waals surface area contributed by atoms with Gasteiger partial charge in [-0.05, 0) is 28.2 Å². The van der Waals surface area contributed by atoms with E-state index >= 15 is 0 Å². The molecule has 2 aromatic carbocycles. The number of fused-ring (bicyclic) bond motifs is 3. The van der Waals surface area contributed by atoms with Gasteiger partial charge >= 0.3 is 12.1 Å². The number of nitrogens with one attached hydrogen (secondary N) is 2. The normalized spacial score (nSPS) is 20.6. The number of carboxylic acid groups (broad SMARTS) is 1. The van der Waals surface area contributed by atoms with E-state index in [2.05, 4.69) is 10.6 Å². The number of hydrogen-bond donors (Lipinski definition) is 3. The lowest BCUT2D eigenvalue weighted by Gasteiger charge is -2.14. The fourth-order valence-corrected chi connectivity index (χ4v) is 4.60. The van der Waals surface area contributed by atoms with E-state index in [0.717, 1.165) is 22.3 Å². The smallest absolute Gasteiger partial charge is 0.407 e. The third-order valence-electron chi connectivity index (χ3n) is 6.44. The van der Waals surface area contributed by atoms with Crippen molar-refractivity contribution in [2.24, 2.45) is 17.8 Å². The van der Waals surface area contributed by atoms with Gasteiger partial charge in [-0.1, -0.05) is 55.5 Å². The zero-order valence-electron chi connectivity index (χ0n) is 18.6. The number of alkyl halides is 2. The fraction of sp³-hybridized carbons (Fsp3) is 0.400. The highest BCUT2D eigenvalue weighted by Gasteiger charge is 2.71. The van der Waals surface area contributed by atoms with E-state index in [9.17, 15) is 23.2 Å². The third-order valence-corrected chi connectivity index (χ3v) is 6.44. The second kappa shape index (κ2) is 9.40. The molecule has 0 radical (unpaired) electrons. The Balaban J connectivity index is 1.27. The molecule has 0 saturated heterocycles. The number of ether oxygens (including phenoxy) is 1. The maximum absolute atomic E-state index is 14.1. The second-order valence-electron chi connectivity index (χ2n) is 8.91. The highest BCUT2D eigenvalue weighted by molar-refractivity contribution is 5.84. The number of amides is 2. The first-order valence-electron chi connectivity index (χ1n) is 11.2. The lowest BCUT2D eigenvalue weighted by molar-refractivity contribution is -0.138. The van der Waals surface area contributed by atoms with Crippen LogP contribution in [0, 0.1) is 17.8 Å². The highest BCUT2D eigenvalue weighted by Crippen LogP contribution is 2.55. The Morgan fingerprint density at radius 2 is 1.62 bits per heavy atom. The predicted octanol–water partition coefficient (Wildman–Crippen LogP) is 3.63. The standard InChI is InChI=1S/C25H26F2N2O5/c1-14(10-21(30)31)11-28-23(32)22-20(25(22,26)27)12-29-24(33)34-13-19-17-8-4-2-6-15(17)16-7-3-5-9-18(16)19/h2-9,14,19-20,22H,10-13H2,1H3,(H,28,32)(H,29,33)(H,30,31)/t14?,20-,22-/m0/s1. The molecule has 3 atom stereocenters. The number of hydrogen-bond acceptors (Lipinski definition) is 4. The van der Waals surface area contributed by atoms with Gasteiger partial charge in [-0.15, -0.1) is 0 Å². The summed E-state index contributed by atoms with van der Waals surface area (Å²) in [7, 11) is 0. The van der Waals surface area contributed by atoms with Crippen LogP contribution in [0.3, 0.4) is 0 Å². The van der Waals surface area contributed by atoms with Crippen molar-refractivity contribution in [3.05, 3.63) is 59.7 Å². The summed E-state index contributed by atoms with van der Waals surface area (Å²) in [5.41, 5.74) is 4.24. The lowest BCUT2D eigenvalue weighted by Crippen LogP contribution is -2.33. The Bertz CT molecular complexity index is 1060. The Hall–Kier alpha value is -3.49. The first kappa shape index (κ1) is 23.7. The summed E-state index contributed by atoms with van der Waals surface area (Å²) in [6, 6.07) is 15.7. The lowest BCUT2D eigenvalue weighted by atomic mass is 9.98. The zero-order valence-corrected chi connectivity index (χ0v) is 18.6. The van der Waals surface area contributed by atoms with Crippen LogP contribution in [0.25, 0.3) is 11.1 Å². The molecular formula is C25H26F2N2O5. The summed E-state index contributed by atoms with van der Waals surface area (Å²) >= 11 is 0. The number of carbonyl (C=O) groups excluding carboxylic acids is 2. The predicted molar refractivity (Wildman–Crippen MR) is 119 cm³/mol. The minimum atomic E-state index is -3.24. The Labute approximate surface area is 195 Å². The Kier molecular flexibility index (Phi) is 6.54. The van der Waals surface area contributed by atoms with E-state index < -0.39 is 42.3 Å². The quantitative estimate of drug-likeness (QED) is 0.517. The summed E-state index contributed by atoms with van der Waals surface area (Å²) < 4.78 is 33.6. The molecule has 1 fully saturated rings. The average molecular weight is 472 g/mol. The van der Waals surface area contributed by atoms with Crippen LogP contribution in [-0.4, -0.2) is 48.7 Å². The SMILES string of the molecule is CC(CNC(=O)[C@@H]1[C@H](CNC(=O)OCC2c3ccccc3-c3ccccc32)C1(F)F)CC(=O)O. The van der Waals surface area contributed by atoms with E-state index in [4.69, 9.17) is 9.84 Å². The van der Waals surface area contributed by atoms with Crippen molar-refractivity contribution in [2.45, 2.75) is 25.2 Å². The molecule has 9 heteroatoms. The number of halogens is 2. The monoisotopic (exact) mass is 472 g/mol. The molecule has 7 nitrogen and oxygen atoms in total. The molecule has 34 heavy (non-hydrogen) atoms. The molecule has 4 rings (SSSR count). The summed E-state index contributed by atoms with van der Waals surface area (Å²) in [4.78, 5) is 35.0. The summed E-state index contributed by atoms with van der Waals surface area (Å²) in [6.07, 6.45) is -0.993. The molecule has 2 aliphatic rings. The van der Waals surface area contributed by atoms with Crippen molar-refractivity contribution in [1.29, 1.82) is 0 Å². The van der Waals surface area contributed by atoms with E-state index in [-0.39, 0.29) is 31.4 Å². The number of alkyl carbamates (subject to hydrolysis) is 1. The maximum atomic E-state index is 14.1. The molecule has 0 heterocycles. The van der Waals surface area contributed by atoms with Crippen molar-refractivity contribution >= 4 is 18.0 Å². The highest BCUT2D eigenvalue weighted by atomic mass is 19.3. The topological polar surface area (TPSA) is 105 Å². The number of aliphatic carboxylic acids is 1. The molecule has 2 aliphatic carbocycles. The van der Waals surface area contributed by atoms with E-state index in [1.807, 2.05) is 48.5 Å². The second-order valence-corrected chi connectivity index (χ2v) is 8.91. The summed E-state index contributed by atoms with van der Waals surface area (Å²) in [5, 5.41) is 13.5. The average Bonchev–Trinajstić information content (AvgIpc) is 3.20.